The van der Waals surface area contributed by atoms with Crippen molar-refractivity contribution in [3.63, 3.8) is 0 Å². The molecule has 4 aliphatic carbocycles. The monoisotopic (exact) mass is 718 g/mol. The summed E-state index contributed by atoms with van der Waals surface area (Å²) in [6, 6.07) is 11.8. The van der Waals surface area contributed by atoms with Crippen molar-refractivity contribution in [3.05, 3.63) is 65.1 Å². The second-order valence-corrected chi connectivity index (χ2v) is 17.8. The van der Waals surface area contributed by atoms with Crippen molar-refractivity contribution < 1.29 is 14.6 Å². The molecule has 0 saturated heterocycles. The van der Waals surface area contributed by atoms with Gasteiger partial charge in [0.15, 0.2) is 22.5 Å². The molecule has 270 valence electrons. The van der Waals surface area contributed by atoms with Crippen LogP contribution in [0.15, 0.2) is 42.6 Å². The maximum absolute atomic E-state index is 12.8. The van der Waals surface area contributed by atoms with Crippen LogP contribution in [0.1, 0.15) is 93.0 Å². The molecule has 10 rings (SSSR count). The number of aromatic carboxylic acids is 1. The molecular weight excluding hydrogens is 673 g/mol. The van der Waals surface area contributed by atoms with Crippen molar-refractivity contribution in [2.45, 2.75) is 98.1 Å². The molecule has 11 nitrogen and oxygen atoms in total. The van der Waals surface area contributed by atoms with Crippen molar-refractivity contribution in [1.29, 1.82) is 0 Å². The lowest BCUT2D eigenvalue weighted by Crippen LogP contribution is -2.64. The van der Waals surface area contributed by atoms with Crippen molar-refractivity contribution in [2.75, 3.05) is 23.4 Å². The fourth-order valence-electron chi connectivity index (χ4n) is 11.6. The molecule has 4 bridgehead atoms. The average molecular weight is 719 g/mol. The highest BCUT2D eigenvalue weighted by Crippen LogP contribution is 2.72. The average Bonchev–Trinajstić information content (AvgIpc) is 3.65. The van der Waals surface area contributed by atoms with E-state index < -0.39 is 5.97 Å². The largest absolute Gasteiger partial charge is 0.476 e. The first-order valence-corrected chi connectivity index (χ1v) is 19.4. The molecule has 0 radical (unpaired) electrons. The van der Waals surface area contributed by atoms with Gasteiger partial charge in [0.25, 0.3) is 0 Å². The SMILES string of the molecule is CCOC12CC3(Cn4ncc(-c5ccc(N6CCCc7c6nnc(Nc6nc8ccccc8s6)c7C)nc5C(=O)O)c4C)C[C@@](C)(C1)C[C@](C)(C3)C2. The molecule has 4 saturated carbocycles. The van der Waals surface area contributed by atoms with E-state index in [0.717, 1.165) is 83.0 Å². The number of thiazole rings is 1. The highest BCUT2D eigenvalue weighted by Gasteiger charge is 2.66. The Balaban J connectivity index is 1.00. The van der Waals surface area contributed by atoms with E-state index in [1.54, 1.807) is 11.3 Å². The van der Waals surface area contributed by atoms with Gasteiger partial charge in [0.1, 0.15) is 5.82 Å². The Morgan fingerprint density at radius 1 is 0.981 bits per heavy atom. The summed E-state index contributed by atoms with van der Waals surface area (Å²) >= 11 is 1.58. The first-order valence-electron chi connectivity index (χ1n) is 18.6. The van der Waals surface area contributed by atoms with Gasteiger partial charge in [0.05, 0.1) is 22.0 Å². The minimum absolute atomic E-state index is 0.0104. The minimum Gasteiger partial charge on any atom is -0.476 e. The quantitative estimate of drug-likeness (QED) is 0.153. The van der Waals surface area contributed by atoms with E-state index in [2.05, 4.69) is 54.0 Å². The number of anilines is 4. The molecule has 4 aromatic heterocycles. The van der Waals surface area contributed by atoms with Crippen LogP contribution >= 0.6 is 11.3 Å². The van der Waals surface area contributed by atoms with Crippen LogP contribution in [0.4, 0.5) is 22.6 Å². The summed E-state index contributed by atoms with van der Waals surface area (Å²) in [7, 11) is 0. The molecule has 1 aliphatic heterocycles. The highest BCUT2D eigenvalue weighted by molar-refractivity contribution is 7.22. The Bertz CT molecular complexity index is 2190. The second kappa shape index (κ2) is 11.8. The van der Waals surface area contributed by atoms with Gasteiger partial charge >= 0.3 is 5.97 Å². The smallest absolute Gasteiger partial charge is 0.355 e. The number of rotatable bonds is 9. The van der Waals surface area contributed by atoms with E-state index in [4.69, 9.17) is 19.8 Å². The number of fused-ring (bicyclic) bond motifs is 2. The lowest BCUT2D eigenvalue weighted by Gasteiger charge is -2.69. The molecular formula is C40H46N8O3S. The number of carboxylic acids is 1. The Morgan fingerprint density at radius 2 is 1.77 bits per heavy atom. The number of pyridine rings is 1. The number of nitrogens with one attached hydrogen (secondary N) is 1. The van der Waals surface area contributed by atoms with Crippen molar-refractivity contribution in [3.8, 4) is 11.1 Å². The number of carbonyl (C=O) groups is 1. The number of hydrogen-bond acceptors (Lipinski definition) is 10. The van der Waals surface area contributed by atoms with Gasteiger partial charge in [-0.25, -0.2) is 14.8 Å². The fourth-order valence-corrected chi connectivity index (χ4v) is 12.4. The maximum atomic E-state index is 12.8. The summed E-state index contributed by atoms with van der Waals surface area (Å²) in [5.74, 6) is 0.858. The van der Waals surface area contributed by atoms with Crippen LogP contribution in [-0.2, 0) is 17.7 Å². The molecule has 0 amide bonds. The predicted molar refractivity (Wildman–Crippen MR) is 203 cm³/mol. The Labute approximate surface area is 307 Å². The number of hydrogen-bond donors (Lipinski definition) is 2. The summed E-state index contributed by atoms with van der Waals surface area (Å²) in [6.45, 7) is 13.4. The molecule has 5 aliphatic rings. The Morgan fingerprint density at radius 3 is 2.52 bits per heavy atom. The Hall–Kier alpha value is -4.42. The van der Waals surface area contributed by atoms with Gasteiger partial charge in [-0.1, -0.05) is 37.3 Å². The standard InChI is InChI=1S/C40H46N8O3S/c1-6-51-40-20-37(4)17-38(5,21-40)19-39(18-37,22-40)23-48-25(3)28(16-41-48)27-13-14-31(43-32(27)35(49)50)47-15-9-10-26-24(2)33(45-46-34(26)47)44-36-42-29-11-7-8-12-30(29)52-36/h7-8,11-14,16H,6,9-10,15,17-23H2,1-5H3,(H,49,50)(H,42,44,45)/t37-,38+,39?,40?. The van der Waals surface area contributed by atoms with Crippen LogP contribution in [0, 0.1) is 30.1 Å². The molecule has 5 aromatic rings. The third kappa shape index (κ3) is 5.48. The molecule has 2 N–H and O–H groups in total. The lowest BCUT2D eigenvalue weighted by atomic mass is 9.39. The van der Waals surface area contributed by atoms with Crippen LogP contribution in [0.3, 0.4) is 0 Å². The summed E-state index contributed by atoms with van der Waals surface area (Å²) in [5, 5.41) is 28.8. The van der Waals surface area contributed by atoms with Crippen LogP contribution in [-0.4, -0.2) is 59.8 Å². The normalized spacial score (nSPS) is 27.7. The van der Waals surface area contributed by atoms with E-state index in [0.29, 0.717) is 29.6 Å². The van der Waals surface area contributed by atoms with Crippen molar-refractivity contribution in [1.82, 2.24) is 29.9 Å². The molecule has 1 aromatic carbocycles. The van der Waals surface area contributed by atoms with Gasteiger partial charge in [0.2, 0.25) is 0 Å². The van der Waals surface area contributed by atoms with E-state index in [-0.39, 0.29) is 27.5 Å². The van der Waals surface area contributed by atoms with Gasteiger partial charge in [-0.15, -0.1) is 10.2 Å². The molecule has 5 heterocycles. The highest BCUT2D eigenvalue weighted by atomic mass is 32.1. The van der Waals surface area contributed by atoms with E-state index in [1.165, 1.54) is 19.3 Å². The van der Waals surface area contributed by atoms with Gasteiger partial charge in [-0.3, -0.25) is 4.68 Å². The fraction of sp³-hybridized carbons (Fsp3) is 0.500. The number of ether oxygens (including phenoxy) is 1. The predicted octanol–water partition coefficient (Wildman–Crippen LogP) is 8.64. The number of benzene rings is 1. The minimum atomic E-state index is -1.07. The second-order valence-electron chi connectivity index (χ2n) is 16.8. The van der Waals surface area contributed by atoms with E-state index in [1.807, 2.05) is 48.4 Å². The molecule has 12 heteroatoms. The summed E-state index contributed by atoms with van der Waals surface area (Å²) in [5.41, 5.74) is 5.95. The van der Waals surface area contributed by atoms with E-state index in [9.17, 15) is 9.90 Å². The van der Waals surface area contributed by atoms with Crippen LogP contribution in [0.5, 0.6) is 0 Å². The van der Waals surface area contributed by atoms with Crippen molar-refractivity contribution in [2.24, 2.45) is 16.2 Å². The number of nitrogens with zero attached hydrogens (tertiary/aromatic N) is 7. The third-order valence-corrected chi connectivity index (χ3v) is 13.2. The van der Waals surface area contributed by atoms with Crippen LogP contribution < -0.4 is 10.2 Å². The summed E-state index contributed by atoms with van der Waals surface area (Å²) < 4.78 is 9.81. The third-order valence-electron chi connectivity index (χ3n) is 12.2. The summed E-state index contributed by atoms with van der Waals surface area (Å²) in [4.78, 5) is 24.3. The molecule has 52 heavy (non-hydrogen) atoms. The van der Waals surface area contributed by atoms with E-state index >= 15 is 0 Å². The zero-order valence-corrected chi connectivity index (χ0v) is 31.4. The van der Waals surface area contributed by atoms with Gasteiger partial charge in [-0.05, 0) is 113 Å². The van der Waals surface area contributed by atoms with Gasteiger partial charge in [-0.2, -0.15) is 5.10 Å². The number of para-hydroxylation sites is 1. The number of carboxylic acid groups (broad SMARTS) is 1. The number of aromatic nitrogens is 6. The molecule has 4 atom stereocenters. The lowest BCUT2D eigenvalue weighted by molar-refractivity contribution is -0.246. The molecule has 0 spiro atoms. The first kappa shape index (κ1) is 33.4. The van der Waals surface area contributed by atoms with Crippen LogP contribution in [0.2, 0.25) is 0 Å². The topological polar surface area (TPSA) is 131 Å². The van der Waals surface area contributed by atoms with Crippen molar-refractivity contribution >= 4 is 50.1 Å². The van der Waals surface area contributed by atoms with Gasteiger partial charge < -0.3 is 20.1 Å². The Kier molecular flexibility index (Phi) is 7.58. The first-order chi connectivity index (χ1) is 24.9. The zero-order valence-electron chi connectivity index (χ0n) is 30.6. The van der Waals surface area contributed by atoms with Crippen LogP contribution in [0.25, 0.3) is 21.3 Å². The maximum Gasteiger partial charge on any atom is 0.355 e. The summed E-state index contributed by atoms with van der Waals surface area (Å²) in [6.07, 6.45) is 10.5. The zero-order chi connectivity index (χ0) is 36.0. The van der Waals surface area contributed by atoms with Gasteiger partial charge in [0, 0.05) is 47.6 Å². The molecule has 4 fully saturated rings. The molecule has 2 unspecified atom stereocenters.